The smallest absolute Gasteiger partial charge is 0.417 e. The maximum Gasteiger partial charge on any atom is 0.417 e. The van der Waals surface area contributed by atoms with Crippen LogP contribution < -0.4 is 20.3 Å². The van der Waals surface area contributed by atoms with Gasteiger partial charge < -0.3 is 19.8 Å². The molecule has 1 heterocycles. The molecule has 0 saturated carbocycles. The fourth-order valence-electron chi connectivity index (χ4n) is 2.88. The minimum Gasteiger partial charge on any atom is -0.493 e. The average Bonchev–Trinajstić information content (AvgIpc) is 2.73. The number of aromatic nitrogens is 1. The second-order valence-corrected chi connectivity index (χ2v) is 6.69. The lowest BCUT2D eigenvalue weighted by Crippen LogP contribution is -2.22. The molecule has 13 heteroatoms. The van der Waals surface area contributed by atoms with Gasteiger partial charge >= 0.3 is 12.4 Å². The predicted molar refractivity (Wildman–Crippen MR) is 104 cm³/mol. The molecular formula is C21H13F7N2O4. The Labute approximate surface area is 185 Å². The summed E-state index contributed by atoms with van der Waals surface area (Å²) in [5, 5.41) is 2.02. The normalized spacial score (nSPS) is 11.8. The van der Waals surface area contributed by atoms with Gasteiger partial charge in [0.1, 0.15) is 11.6 Å². The van der Waals surface area contributed by atoms with Crippen LogP contribution in [0.15, 0.2) is 53.5 Å². The van der Waals surface area contributed by atoms with Crippen LogP contribution >= 0.6 is 0 Å². The van der Waals surface area contributed by atoms with Crippen molar-refractivity contribution in [2.24, 2.45) is 0 Å². The Kier molecular flexibility index (Phi) is 6.57. The Hall–Kier alpha value is -4.03. The molecule has 3 aromatic rings. The van der Waals surface area contributed by atoms with Gasteiger partial charge in [-0.2, -0.15) is 26.3 Å². The molecule has 1 amide bonds. The summed E-state index contributed by atoms with van der Waals surface area (Å²) in [6.07, 6.45) is -9.55. The number of pyridine rings is 1. The highest BCUT2D eigenvalue weighted by Gasteiger charge is 2.42. The summed E-state index contributed by atoms with van der Waals surface area (Å²) >= 11 is 0. The number of nitrogens with one attached hydrogen (secondary N) is 2. The number of ether oxygens (including phenoxy) is 2. The van der Waals surface area contributed by atoms with Gasteiger partial charge in [-0.05, 0) is 30.3 Å². The zero-order valence-electron chi connectivity index (χ0n) is 16.9. The maximum absolute atomic E-state index is 13.8. The molecule has 0 unspecified atom stereocenters. The fraction of sp³-hybridized carbons (Fsp3) is 0.143. The van der Waals surface area contributed by atoms with E-state index in [1.807, 2.05) is 5.32 Å². The number of methoxy groups -OCH3 is 1. The summed E-state index contributed by atoms with van der Waals surface area (Å²) in [4.78, 5) is 26.4. The van der Waals surface area contributed by atoms with Crippen molar-refractivity contribution in [3.63, 3.8) is 0 Å². The van der Waals surface area contributed by atoms with Crippen LogP contribution in [0.25, 0.3) is 0 Å². The first-order valence-corrected chi connectivity index (χ1v) is 9.13. The van der Waals surface area contributed by atoms with E-state index in [2.05, 4.69) is 4.98 Å². The van der Waals surface area contributed by atoms with E-state index in [4.69, 9.17) is 9.47 Å². The Balaban J connectivity index is 2.24. The molecule has 0 radical (unpaired) electrons. The fourth-order valence-corrected chi connectivity index (χ4v) is 2.88. The molecule has 0 saturated heterocycles. The van der Waals surface area contributed by atoms with Crippen LogP contribution in [0.1, 0.15) is 21.5 Å². The number of amides is 1. The largest absolute Gasteiger partial charge is 0.493 e. The Morgan fingerprint density at radius 2 is 1.62 bits per heavy atom. The van der Waals surface area contributed by atoms with Crippen LogP contribution in [0.3, 0.4) is 0 Å². The lowest BCUT2D eigenvalue weighted by atomic mass is 10.0. The molecule has 2 aromatic carbocycles. The number of anilines is 1. The van der Waals surface area contributed by atoms with Crippen LogP contribution in [0.5, 0.6) is 17.2 Å². The number of carbonyl (C=O) groups excluding carboxylic acids is 1. The third-order valence-corrected chi connectivity index (χ3v) is 4.34. The van der Waals surface area contributed by atoms with E-state index in [0.29, 0.717) is 0 Å². The summed E-state index contributed by atoms with van der Waals surface area (Å²) in [6, 6.07) is 4.46. The summed E-state index contributed by atoms with van der Waals surface area (Å²) < 4.78 is 105. The molecule has 2 N–H and O–H groups in total. The van der Waals surface area contributed by atoms with Crippen LogP contribution in [-0.2, 0) is 12.4 Å². The Morgan fingerprint density at radius 3 is 2.21 bits per heavy atom. The SMILES string of the molecule is COc1cc(F)ccc1Oc1cc(C(F)(F)F)cc(C(F)(F)F)c1C(=O)Nc1cc[nH]c(=O)c1. The van der Waals surface area contributed by atoms with Crippen molar-refractivity contribution in [2.45, 2.75) is 12.4 Å². The van der Waals surface area contributed by atoms with Crippen molar-refractivity contribution in [2.75, 3.05) is 12.4 Å². The average molecular weight is 490 g/mol. The quantitative estimate of drug-likeness (QED) is 0.456. The molecule has 0 spiro atoms. The van der Waals surface area contributed by atoms with Crippen LogP contribution in [0.4, 0.5) is 36.4 Å². The van der Waals surface area contributed by atoms with Crippen molar-refractivity contribution in [1.29, 1.82) is 0 Å². The van der Waals surface area contributed by atoms with E-state index < -0.39 is 57.8 Å². The standard InChI is InChI=1S/C21H13F7N2O4/c1-33-15-8-11(22)2-3-14(15)34-16-7-10(20(23,24)25)6-13(21(26,27)28)18(16)19(32)30-12-4-5-29-17(31)9-12/h2-9H,1H3,(H2,29,30,31,32). The summed E-state index contributed by atoms with van der Waals surface area (Å²) in [7, 11) is 1.06. The van der Waals surface area contributed by atoms with Gasteiger partial charge in [0, 0.05) is 24.0 Å². The molecule has 34 heavy (non-hydrogen) atoms. The monoisotopic (exact) mass is 490 g/mol. The van der Waals surface area contributed by atoms with Crippen LogP contribution in [-0.4, -0.2) is 18.0 Å². The number of hydrogen-bond acceptors (Lipinski definition) is 4. The van der Waals surface area contributed by atoms with Crippen molar-refractivity contribution in [3.05, 3.63) is 81.5 Å². The van der Waals surface area contributed by atoms with Crippen LogP contribution in [0, 0.1) is 5.82 Å². The van der Waals surface area contributed by atoms with Crippen molar-refractivity contribution < 1.29 is 45.0 Å². The third-order valence-electron chi connectivity index (χ3n) is 4.34. The van der Waals surface area contributed by atoms with Crippen molar-refractivity contribution >= 4 is 11.6 Å². The molecule has 0 aliphatic rings. The number of halogens is 7. The molecule has 0 fully saturated rings. The van der Waals surface area contributed by atoms with E-state index >= 15 is 0 Å². The molecule has 180 valence electrons. The van der Waals surface area contributed by atoms with E-state index in [0.717, 1.165) is 43.6 Å². The summed E-state index contributed by atoms with van der Waals surface area (Å²) in [5.74, 6) is -4.28. The number of rotatable bonds is 5. The minimum absolute atomic E-state index is 0.199. The van der Waals surface area contributed by atoms with Gasteiger partial charge in [-0.1, -0.05) is 0 Å². The second kappa shape index (κ2) is 9.08. The molecule has 0 aliphatic carbocycles. The number of carbonyl (C=O) groups is 1. The topological polar surface area (TPSA) is 80.4 Å². The van der Waals surface area contributed by atoms with E-state index in [1.165, 1.54) is 0 Å². The molecule has 0 aliphatic heterocycles. The lowest BCUT2D eigenvalue weighted by molar-refractivity contribution is -0.143. The van der Waals surface area contributed by atoms with Gasteiger partial charge in [0.15, 0.2) is 11.5 Å². The van der Waals surface area contributed by atoms with Gasteiger partial charge in [-0.15, -0.1) is 0 Å². The first-order valence-electron chi connectivity index (χ1n) is 9.13. The molecular weight excluding hydrogens is 477 g/mol. The van der Waals surface area contributed by atoms with E-state index in [1.54, 1.807) is 0 Å². The first kappa shape index (κ1) is 24.6. The molecule has 6 nitrogen and oxygen atoms in total. The van der Waals surface area contributed by atoms with Gasteiger partial charge in [-0.25, -0.2) is 4.39 Å². The first-order chi connectivity index (χ1) is 15.8. The molecule has 0 atom stereocenters. The molecule has 1 aromatic heterocycles. The number of hydrogen-bond donors (Lipinski definition) is 2. The zero-order chi connectivity index (χ0) is 25.3. The number of benzene rings is 2. The Bertz CT molecular complexity index is 1280. The zero-order valence-corrected chi connectivity index (χ0v) is 16.9. The van der Waals surface area contributed by atoms with Gasteiger partial charge in [-0.3, -0.25) is 9.59 Å². The van der Waals surface area contributed by atoms with E-state index in [-0.39, 0.29) is 23.6 Å². The van der Waals surface area contributed by atoms with Crippen molar-refractivity contribution in [3.8, 4) is 17.2 Å². The second-order valence-electron chi connectivity index (χ2n) is 6.69. The lowest BCUT2D eigenvalue weighted by Gasteiger charge is -2.20. The highest BCUT2D eigenvalue weighted by molar-refractivity contribution is 6.07. The minimum atomic E-state index is -5.41. The highest BCUT2D eigenvalue weighted by atomic mass is 19.4. The van der Waals surface area contributed by atoms with Crippen molar-refractivity contribution in [1.82, 2.24) is 4.98 Å². The number of alkyl halides is 6. The molecule has 0 bridgehead atoms. The number of aromatic amines is 1. The van der Waals surface area contributed by atoms with Gasteiger partial charge in [0.25, 0.3) is 5.91 Å². The van der Waals surface area contributed by atoms with Gasteiger partial charge in [0.2, 0.25) is 5.56 Å². The highest BCUT2D eigenvalue weighted by Crippen LogP contribution is 2.44. The van der Waals surface area contributed by atoms with Gasteiger partial charge in [0.05, 0.1) is 23.8 Å². The summed E-state index contributed by atoms with van der Waals surface area (Å²) in [6.45, 7) is 0. The predicted octanol–water partition coefficient (Wildman–Crippen LogP) is 5.60. The molecule has 3 rings (SSSR count). The van der Waals surface area contributed by atoms with Crippen LogP contribution in [0.2, 0.25) is 0 Å². The number of H-pyrrole nitrogens is 1. The van der Waals surface area contributed by atoms with E-state index in [9.17, 15) is 40.3 Å². The maximum atomic E-state index is 13.8. The Morgan fingerprint density at radius 1 is 0.912 bits per heavy atom. The third kappa shape index (κ3) is 5.47. The summed E-state index contributed by atoms with van der Waals surface area (Å²) in [5.41, 5.74) is -5.92.